The summed E-state index contributed by atoms with van der Waals surface area (Å²) >= 11 is 0. The molecule has 2 saturated carbocycles. The molecule has 3 heterocycles. The van der Waals surface area contributed by atoms with Gasteiger partial charge in [-0.15, -0.1) is 0 Å². The van der Waals surface area contributed by atoms with Gasteiger partial charge in [-0.3, -0.25) is 0 Å². The van der Waals surface area contributed by atoms with Gasteiger partial charge in [0.15, 0.2) is 0 Å². The van der Waals surface area contributed by atoms with Gasteiger partial charge in [-0.1, -0.05) is 26.2 Å². The number of imidazole rings is 1. The van der Waals surface area contributed by atoms with E-state index in [0.29, 0.717) is 6.04 Å². The largest absolute Gasteiger partial charge is 0.388 e. The van der Waals surface area contributed by atoms with Gasteiger partial charge < -0.3 is 14.7 Å². The molecule has 25 heavy (non-hydrogen) atoms. The van der Waals surface area contributed by atoms with E-state index in [1.165, 1.54) is 38.5 Å². The molecule has 5 nitrogen and oxygen atoms in total. The minimum absolute atomic E-state index is 0.00824. The molecule has 5 heteroatoms. The third-order valence-electron chi connectivity index (χ3n) is 6.61. The lowest BCUT2D eigenvalue weighted by atomic mass is 9.80. The number of fused-ring (bicyclic) bond motifs is 3. The number of hydrogen-bond acceptors (Lipinski definition) is 3. The number of hydrogen-bond donors (Lipinski definition) is 2. The molecule has 2 aliphatic rings. The van der Waals surface area contributed by atoms with Crippen molar-refractivity contribution in [3.8, 4) is 0 Å². The smallest absolute Gasteiger partial charge is 0.139 e. The van der Waals surface area contributed by atoms with Crippen molar-refractivity contribution in [2.45, 2.75) is 58.1 Å². The van der Waals surface area contributed by atoms with Crippen LogP contribution in [0.5, 0.6) is 0 Å². The van der Waals surface area contributed by atoms with Crippen molar-refractivity contribution in [2.24, 2.45) is 17.8 Å². The second kappa shape index (κ2) is 5.84. The van der Waals surface area contributed by atoms with Crippen molar-refractivity contribution in [1.82, 2.24) is 19.5 Å². The Balaban J connectivity index is 1.68. The Kier molecular flexibility index (Phi) is 3.59. The van der Waals surface area contributed by atoms with E-state index in [2.05, 4.69) is 27.5 Å². The van der Waals surface area contributed by atoms with Crippen LogP contribution in [0.15, 0.2) is 18.5 Å². The molecular formula is C20H26N4O. The van der Waals surface area contributed by atoms with Crippen LogP contribution in [0.25, 0.3) is 22.1 Å². The molecule has 0 spiro atoms. The van der Waals surface area contributed by atoms with E-state index < -0.39 is 0 Å². The third-order valence-corrected chi connectivity index (χ3v) is 6.61. The normalized spacial score (nSPS) is 29.5. The van der Waals surface area contributed by atoms with Crippen LogP contribution in [-0.4, -0.2) is 24.6 Å². The lowest BCUT2D eigenvalue weighted by molar-refractivity contribution is 0.192. The van der Waals surface area contributed by atoms with E-state index in [1.54, 1.807) is 0 Å². The second-order valence-corrected chi connectivity index (χ2v) is 7.87. The number of nitrogens with one attached hydrogen (secondary N) is 1. The van der Waals surface area contributed by atoms with Gasteiger partial charge in [0.1, 0.15) is 23.6 Å². The summed E-state index contributed by atoms with van der Waals surface area (Å²) in [5.41, 5.74) is 2.97. The Hall–Kier alpha value is -1.88. The number of aliphatic hydroxyl groups is 1. The molecule has 0 saturated heterocycles. The SMILES string of the molecule is CCC1CC1C1CCCCC1n1c(CO)nc2cnc3[nH]ccc3c21. The van der Waals surface area contributed by atoms with Crippen molar-refractivity contribution in [2.75, 3.05) is 0 Å². The van der Waals surface area contributed by atoms with Gasteiger partial charge in [-0.05, 0) is 43.1 Å². The molecule has 5 rings (SSSR count). The van der Waals surface area contributed by atoms with Crippen molar-refractivity contribution in [3.63, 3.8) is 0 Å². The van der Waals surface area contributed by atoms with Crippen LogP contribution in [0.4, 0.5) is 0 Å². The van der Waals surface area contributed by atoms with Crippen molar-refractivity contribution in [3.05, 3.63) is 24.3 Å². The first kappa shape index (κ1) is 15.4. The Morgan fingerprint density at radius 2 is 2.16 bits per heavy atom. The minimum Gasteiger partial charge on any atom is -0.388 e. The van der Waals surface area contributed by atoms with Crippen LogP contribution in [0.3, 0.4) is 0 Å². The lowest BCUT2D eigenvalue weighted by Crippen LogP contribution is -2.26. The first-order valence-electron chi connectivity index (χ1n) is 9.75. The maximum Gasteiger partial charge on any atom is 0.139 e. The highest BCUT2D eigenvalue weighted by Gasteiger charge is 2.46. The molecular weight excluding hydrogens is 312 g/mol. The summed E-state index contributed by atoms with van der Waals surface area (Å²) in [6.07, 6.45) is 11.6. The Morgan fingerprint density at radius 1 is 1.28 bits per heavy atom. The van der Waals surface area contributed by atoms with Gasteiger partial charge in [0, 0.05) is 17.6 Å². The van der Waals surface area contributed by atoms with Crippen LogP contribution in [0.1, 0.15) is 57.3 Å². The highest BCUT2D eigenvalue weighted by Crippen LogP contribution is 2.54. The minimum atomic E-state index is -0.00824. The highest BCUT2D eigenvalue weighted by molar-refractivity contribution is 6.01. The molecule has 0 aliphatic heterocycles. The monoisotopic (exact) mass is 338 g/mol. The predicted octanol–water partition coefficient (Wildman–Crippen LogP) is 4.18. The van der Waals surface area contributed by atoms with E-state index in [4.69, 9.17) is 4.98 Å². The zero-order valence-electron chi connectivity index (χ0n) is 14.8. The van der Waals surface area contributed by atoms with Gasteiger partial charge >= 0.3 is 0 Å². The topological polar surface area (TPSA) is 66.7 Å². The molecule has 4 unspecified atom stereocenters. The molecule has 4 atom stereocenters. The molecule has 132 valence electrons. The fraction of sp³-hybridized carbons (Fsp3) is 0.600. The second-order valence-electron chi connectivity index (χ2n) is 7.87. The number of rotatable bonds is 4. The van der Waals surface area contributed by atoms with Crippen LogP contribution in [-0.2, 0) is 6.61 Å². The standard InChI is InChI=1S/C20H26N4O/c1-2-12-9-15(12)13-5-3-4-6-17(13)24-18(11-25)23-16-10-22-20-14(19(16)24)7-8-21-20/h7-8,10,12-13,15,17,25H,2-6,9,11H2,1H3,(H,21,22). The number of pyridine rings is 1. The number of nitrogens with zero attached hydrogens (tertiary/aromatic N) is 3. The van der Waals surface area contributed by atoms with E-state index in [9.17, 15) is 5.11 Å². The molecule has 2 N–H and O–H groups in total. The van der Waals surface area contributed by atoms with Crippen LogP contribution < -0.4 is 0 Å². The fourth-order valence-electron chi connectivity index (χ4n) is 5.33. The number of aromatic amines is 1. The van der Waals surface area contributed by atoms with Gasteiger partial charge in [0.05, 0.1) is 11.7 Å². The van der Waals surface area contributed by atoms with Gasteiger partial charge in [0.2, 0.25) is 0 Å². The van der Waals surface area contributed by atoms with Crippen LogP contribution in [0.2, 0.25) is 0 Å². The summed E-state index contributed by atoms with van der Waals surface area (Å²) < 4.78 is 2.38. The third kappa shape index (κ3) is 2.32. The number of aromatic nitrogens is 4. The quantitative estimate of drug-likeness (QED) is 0.750. The maximum atomic E-state index is 10.00. The van der Waals surface area contributed by atoms with E-state index in [1.807, 2.05) is 12.4 Å². The summed E-state index contributed by atoms with van der Waals surface area (Å²) in [5, 5.41) is 11.1. The molecule has 3 aromatic rings. The Labute approximate surface area is 147 Å². The van der Waals surface area contributed by atoms with Gasteiger partial charge in [-0.25, -0.2) is 9.97 Å². The van der Waals surface area contributed by atoms with Crippen molar-refractivity contribution in [1.29, 1.82) is 0 Å². The summed E-state index contributed by atoms with van der Waals surface area (Å²) in [6, 6.07) is 2.55. The molecule has 2 aliphatic carbocycles. The molecule has 0 amide bonds. The summed E-state index contributed by atoms with van der Waals surface area (Å²) in [6.45, 7) is 2.31. The van der Waals surface area contributed by atoms with Crippen LogP contribution >= 0.6 is 0 Å². The predicted molar refractivity (Wildman–Crippen MR) is 98.2 cm³/mol. The van der Waals surface area contributed by atoms with Crippen LogP contribution in [0, 0.1) is 17.8 Å². The molecule has 2 fully saturated rings. The molecule has 0 bridgehead atoms. The maximum absolute atomic E-state index is 10.00. The Bertz CT molecular complexity index is 911. The lowest BCUT2D eigenvalue weighted by Gasteiger charge is -2.34. The zero-order valence-corrected chi connectivity index (χ0v) is 14.8. The first-order chi connectivity index (χ1) is 12.3. The number of aliphatic hydroxyl groups excluding tert-OH is 1. The molecule has 3 aromatic heterocycles. The van der Waals surface area contributed by atoms with E-state index in [-0.39, 0.29) is 6.61 Å². The molecule has 0 radical (unpaired) electrons. The summed E-state index contributed by atoms with van der Waals surface area (Å²) in [4.78, 5) is 12.4. The average molecular weight is 338 g/mol. The Morgan fingerprint density at radius 3 is 2.96 bits per heavy atom. The average Bonchev–Trinajstić information content (AvgIpc) is 3.11. The van der Waals surface area contributed by atoms with Crippen molar-refractivity contribution < 1.29 is 5.11 Å². The zero-order chi connectivity index (χ0) is 17.0. The van der Waals surface area contributed by atoms with E-state index >= 15 is 0 Å². The van der Waals surface area contributed by atoms with Crippen molar-refractivity contribution >= 4 is 22.1 Å². The van der Waals surface area contributed by atoms with Gasteiger partial charge in [-0.2, -0.15) is 0 Å². The first-order valence-corrected chi connectivity index (χ1v) is 9.75. The fourth-order valence-corrected chi connectivity index (χ4v) is 5.33. The van der Waals surface area contributed by atoms with E-state index in [0.717, 1.165) is 45.6 Å². The highest BCUT2D eigenvalue weighted by atomic mass is 16.3. The number of H-pyrrole nitrogens is 1. The summed E-state index contributed by atoms with van der Waals surface area (Å²) in [5.74, 6) is 3.30. The van der Waals surface area contributed by atoms with Gasteiger partial charge in [0.25, 0.3) is 0 Å². The molecule has 0 aromatic carbocycles. The summed E-state index contributed by atoms with van der Waals surface area (Å²) in [7, 11) is 0.